The van der Waals surface area contributed by atoms with Crippen LogP contribution in [-0.4, -0.2) is 10.9 Å². The molecule has 0 aliphatic heterocycles. The van der Waals surface area contributed by atoms with E-state index in [0.29, 0.717) is 15.6 Å². The first kappa shape index (κ1) is 13.8. The molecule has 0 saturated heterocycles. The van der Waals surface area contributed by atoms with Gasteiger partial charge in [-0.25, -0.2) is 4.68 Å². The lowest BCUT2D eigenvalue weighted by atomic mass is 10.2. The van der Waals surface area contributed by atoms with Gasteiger partial charge in [-0.1, -0.05) is 29.3 Å². The summed E-state index contributed by atoms with van der Waals surface area (Å²) in [5, 5.41) is 5.21. The number of aromatic nitrogens is 1. The maximum absolute atomic E-state index is 11.8. The molecule has 0 spiro atoms. The van der Waals surface area contributed by atoms with E-state index in [1.54, 1.807) is 24.4 Å². The summed E-state index contributed by atoms with van der Waals surface area (Å²) >= 11 is 11.9. The van der Waals surface area contributed by atoms with Gasteiger partial charge in [0.05, 0.1) is 11.2 Å². The number of rotatable bonds is 2. The van der Waals surface area contributed by atoms with Gasteiger partial charge in [-0.15, -0.1) is 0 Å². The lowest BCUT2D eigenvalue weighted by molar-refractivity contribution is 0.791. The summed E-state index contributed by atoms with van der Waals surface area (Å²) in [6.45, 7) is 3.70. The van der Waals surface area contributed by atoms with Crippen LogP contribution in [0.3, 0.4) is 0 Å². The van der Waals surface area contributed by atoms with Crippen molar-refractivity contribution in [3.05, 3.63) is 67.6 Å². The minimum Gasteiger partial charge on any atom is -0.267 e. The van der Waals surface area contributed by atoms with Gasteiger partial charge < -0.3 is 0 Å². The van der Waals surface area contributed by atoms with E-state index in [1.165, 1.54) is 10.7 Å². The van der Waals surface area contributed by atoms with Gasteiger partial charge in [0.25, 0.3) is 5.56 Å². The molecule has 98 valence electrons. The highest BCUT2D eigenvalue weighted by atomic mass is 35.5. The highest BCUT2D eigenvalue weighted by Gasteiger charge is 2.01. The lowest BCUT2D eigenvalue weighted by Gasteiger charge is -2.04. The highest BCUT2D eigenvalue weighted by Crippen LogP contribution is 2.19. The van der Waals surface area contributed by atoms with Crippen molar-refractivity contribution in [1.82, 2.24) is 4.68 Å². The van der Waals surface area contributed by atoms with Crippen LogP contribution in [0.5, 0.6) is 0 Å². The van der Waals surface area contributed by atoms with E-state index in [2.05, 4.69) is 5.10 Å². The van der Waals surface area contributed by atoms with E-state index < -0.39 is 0 Å². The summed E-state index contributed by atoms with van der Waals surface area (Å²) < 4.78 is 1.33. The third kappa shape index (κ3) is 3.25. The number of hydrogen-bond acceptors (Lipinski definition) is 2. The molecule has 0 N–H and O–H groups in total. The normalized spacial score (nSPS) is 11.2. The number of aryl methyl sites for hydroxylation is 2. The molecule has 0 unspecified atom stereocenters. The molecule has 0 aliphatic carbocycles. The molecular weight excluding hydrogens is 283 g/mol. The van der Waals surface area contributed by atoms with E-state index in [4.69, 9.17) is 23.2 Å². The third-order valence-corrected chi connectivity index (χ3v) is 3.17. The molecule has 3 nitrogen and oxygen atoms in total. The number of benzene rings is 1. The molecule has 1 aromatic carbocycles. The summed E-state index contributed by atoms with van der Waals surface area (Å²) in [7, 11) is 0. The minimum atomic E-state index is -0.168. The predicted octanol–water partition coefficient (Wildman–Crippen LogP) is 3.65. The fourth-order valence-electron chi connectivity index (χ4n) is 1.74. The van der Waals surface area contributed by atoms with Crippen molar-refractivity contribution in [2.75, 3.05) is 0 Å². The molecule has 0 atom stereocenters. The standard InChI is InChI=1S/C14H12Cl2N2O/c1-9-5-10(2)18(14(19)6-9)17-8-11-3-4-12(15)7-13(11)16/h3-8H,1-2H3/b17-8+. The van der Waals surface area contributed by atoms with Crippen LogP contribution in [0.1, 0.15) is 16.8 Å². The summed E-state index contributed by atoms with van der Waals surface area (Å²) in [5.74, 6) is 0. The molecule has 5 heteroatoms. The van der Waals surface area contributed by atoms with Crippen molar-refractivity contribution in [2.45, 2.75) is 13.8 Å². The van der Waals surface area contributed by atoms with Gasteiger partial charge >= 0.3 is 0 Å². The predicted molar refractivity (Wildman–Crippen MR) is 79.6 cm³/mol. The number of nitrogens with zero attached hydrogens (tertiary/aromatic N) is 2. The Balaban J connectivity index is 2.41. The van der Waals surface area contributed by atoms with Gasteiger partial charge in [-0.2, -0.15) is 5.10 Å². The third-order valence-electron chi connectivity index (χ3n) is 2.61. The molecule has 0 bridgehead atoms. The quantitative estimate of drug-likeness (QED) is 0.779. The van der Waals surface area contributed by atoms with E-state index in [9.17, 15) is 4.79 Å². The minimum absolute atomic E-state index is 0.168. The molecule has 19 heavy (non-hydrogen) atoms. The molecule has 0 saturated carbocycles. The monoisotopic (exact) mass is 294 g/mol. The molecule has 0 aliphatic rings. The van der Waals surface area contributed by atoms with Crippen LogP contribution in [0, 0.1) is 13.8 Å². The SMILES string of the molecule is Cc1cc(C)n(/N=C/c2ccc(Cl)cc2Cl)c(=O)c1. The van der Waals surface area contributed by atoms with Gasteiger partial charge in [0.2, 0.25) is 0 Å². The van der Waals surface area contributed by atoms with E-state index in [1.807, 2.05) is 19.9 Å². The second-order valence-electron chi connectivity index (χ2n) is 4.23. The number of halogens is 2. The second-order valence-corrected chi connectivity index (χ2v) is 5.08. The Morgan fingerprint density at radius 3 is 2.53 bits per heavy atom. The van der Waals surface area contributed by atoms with Crippen LogP contribution in [0.15, 0.2) is 40.2 Å². The molecule has 2 rings (SSSR count). The molecule has 0 radical (unpaired) electrons. The van der Waals surface area contributed by atoms with Crippen LogP contribution >= 0.6 is 23.2 Å². The fourth-order valence-corrected chi connectivity index (χ4v) is 2.19. The van der Waals surface area contributed by atoms with Crippen molar-refractivity contribution < 1.29 is 0 Å². The zero-order chi connectivity index (χ0) is 14.0. The summed E-state index contributed by atoms with van der Waals surface area (Å²) in [5.41, 5.74) is 2.22. The van der Waals surface area contributed by atoms with Gasteiger partial charge in [0.15, 0.2) is 0 Å². The van der Waals surface area contributed by atoms with Crippen molar-refractivity contribution in [3.63, 3.8) is 0 Å². The smallest absolute Gasteiger partial charge is 0.267 e. The first-order valence-corrected chi connectivity index (χ1v) is 6.42. The van der Waals surface area contributed by atoms with E-state index in [0.717, 1.165) is 11.3 Å². The van der Waals surface area contributed by atoms with E-state index >= 15 is 0 Å². The van der Waals surface area contributed by atoms with Gasteiger partial charge in [0, 0.05) is 22.3 Å². The summed E-state index contributed by atoms with van der Waals surface area (Å²) in [6.07, 6.45) is 1.54. The van der Waals surface area contributed by atoms with Gasteiger partial charge in [-0.05, 0) is 37.6 Å². The van der Waals surface area contributed by atoms with Crippen molar-refractivity contribution in [1.29, 1.82) is 0 Å². The topological polar surface area (TPSA) is 34.4 Å². The average molecular weight is 295 g/mol. The van der Waals surface area contributed by atoms with Crippen LogP contribution in [0.4, 0.5) is 0 Å². The molecular formula is C14H12Cl2N2O. The Bertz CT molecular complexity index is 705. The van der Waals surface area contributed by atoms with Crippen LogP contribution in [0.2, 0.25) is 10.0 Å². The van der Waals surface area contributed by atoms with Crippen molar-refractivity contribution in [3.8, 4) is 0 Å². The average Bonchev–Trinajstić information content (AvgIpc) is 2.30. The van der Waals surface area contributed by atoms with Crippen molar-refractivity contribution in [2.24, 2.45) is 5.10 Å². The molecule has 1 aromatic heterocycles. The zero-order valence-electron chi connectivity index (χ0n) is 10.5. The Morgan fingerprint density at radius 2 is 1.89 bits per heavy atom. The van der Waals surface area contributed by atoms with Crippen LogP contribution in [0.25, 0.3) is 0 Å². The second kappa shape index (κ2) is 5.59. The number of hydrogen-bond donors (Lipinski definition) is 0. The summed E-state index contributed by atoms with van der Waals surface area (Å²) in [6, 6.07) is 8.54. The summed E-state index contributed by atoms with van der Waals surface area (Å²) in [4.78, 5) is 11.8. The molecule has 2 aromatic rings. The van der Waals surface area contributed by atoms with Crippen LogP contribution < -0.4 is 5.56 Å². The van der Waals surface area contributed by atoms with Gasteiger partial charge in [0.1, 0.15) is 0 Å². The molecule has 0 amide bonds. The maximum Gasteiger partial charge on any atom is 0.271 e. The van der Waals surface area contributed by atoms with E-state index in [-0.39, 0.29) is 5.56 Å². The fraction of sp³-hybridized carbons (Fsp3) is 0.143. The van der Waals surface area contributed by atoms with Gasteiger partial charge in [-0.3, -0.25) is 4.79 Å². The Morgan fingerprint density at radius 1 is 1.16 bits per heavy atom. The number of pyridine rings is 1. The Kier molecular flexibility index (Phi) is 4.08. The zero-order valence-corrected chi connectivity index (χ0v) is 12.0. The highest BCUT2D eigenvalue weighted by molar-refractivity contribution is 6.36. The Labute approximate surface area is 121 Å². The Hall–Kier alpha value is -1.58. The molecule has 0 fully saturated rings. The molecule has 1 heterocycles. The van der Waals surface area contributed by atoms with Crippen molar-refractivity contribution >= 4 is 29.4 Å². The first-order chi connectivity index (χ1) is 8.97. The van der Waals surface area contributed by atoms with Crippen LogP contribution in [-0.2, 0) is 0 Å². The maximum atomic E-state index is 11.8. The lowest BCUT2D eigenvalue weighted by Crippen LogP contribution is -2.18. The largest absolute Gasteiger partial charge is 0.271 e. The first-order valence-electron chi connectivity index (χ1n) is 5.67.